The van der Waals surface area contributed by atoms with Crippen LogP contribution in [0.5, 0.6) is 0 Å². The fourth-order valence-electron chi connectivity index (χ4n) is 14.9. The molecule has 0 aliphatic heterocycles. The van der Waals surface area contributed by atoms with Crippen LogP contribution in [0.4, 0.5) is 0 Å². The standard InChI is InChI=1S/C13H24.C13H22.C12H22.C12H20.C11H20/c2*1-13(2,3)12-8-10-6-4-5-7-11(10)9-12;2*1-12(2,3)11-7-9-5-4-6-10(9)8-11;1-11(2,3)10-6-8-4-5-9(8)7-10/h10-12H,4-9H2,1-3H3;12H,4-9H2,1-3H3;9-11H,4-8H2,1-3H3;11H,4-8H2,1-3H3;8-10H,4-7H2,1-3H3. The van der Waals surface area contributed by atoms with E-state index in [1.807, 2.05) is 22.3 Å². The average Bonchev–Trinajstić information content (AvgIpc) is 3.98. The van der Waals surface area contributed by atoms with Crippen LogP contribution in [0.1, 0.15) is 271 Å². The molecule has 0 N–H and O–H groups in total. The molecule has 61 heavy (non-hydrogen) atoms. The maximum atomic E-state index is 2.43. The second-order valence-electron chi connectivity index (χ2n) is 29.4. The summed E-state index contributed by atoms with van der Waals surface area (Å²) in [7, 11) is 0. The van der Waals surface area contributed by atoms with Crippen LogP contribution < -0.4 is 0 Å². The van der Waals surface area contributed by atoms with Crippen molar-refractivity contribution in [3.63, 3.8) is 0 Å². The summed E-state index contributed by atoms with van der Waals surface area (Å²) in [6, 6.07) is 0. The van der Waals surface area contributed by atoms with Gasteiger partial charge in [-0.3, -0.25) is 0 Å². The van der Waals surface area contributed by atoms with E-state index < -0.39 is 0 Å². The molecular weight excluding hydrogens is 733 g/mol. The Kier molecular flexibility index (Phi) is 16.5. The number of allylic oxidation sites excluding steroid dienone is 4. The quantitative estimate of drug-likeness (QED) is 0.213. The summed E-state index contributed by atoms with van der Waals surface area (Å²) in [5.41, 5.74) is 10.1. The van der Waals surface area contributed by atoms with Crippen LogP contribution in [0.3, 0.4) is 0 Å². The third kappa shape index (κ3) is 13.5. The average molecular weight is 842 g/mol. The van der Waals surface area contributed by atoms with Gasteiger partial charge < -0.3 is 0 Å². The highest BCUT2D eigenvalue weighted by Crippen LogP contribution is 2.55. The predicted molar refractivity (Wildman–Crippen MR) is 270 cm³/mol. The summed E-state index contributed by atoms with van der Waals surface area (Å²) in [5.74, 6) is 11.7. The van der Waals surface area contributed by atoms with E-state index in [1.165, 1.54) is 167 Å². The zero-order chi connectivity index (χ0) is 44.5. The predicted octanol–water partition coefficient (Wildman–Crippen LogP) is 19.8. The SMILES string of the molecule is CC(C)(C)C1CC2=C(CCC2)C1.CC(C)(C)C1CC2=C(CCCC2)C1.CC(C)(C)C1CC2CCC2C1.CC(C)(C)C1CC2CCCC2C1.CC(C)(C)C1CC2CCCCC2C1. The Labute approximate surface area is 383 Å². The molecule has 0 heterocycles. The minimum absolute atomic E-state index is 0.525. The van der Waals surface area contributed by atoms with Crippen molar-refractivity contribution in [3.05, 3.63) is 22.3 Å². The minimum Gasteiger partial charge on any atom is -0.0707 e. The topological polar surface area (TPSA) is 0 Å². The number of fused-ring (bicyclic) bond motifs is 3. The molecule has 10 rings (SSSR count). The number of hydrogen-bond acceptors (Lipinski definition) is 0. The van der Waals surface area contributed by atoms with E-state index in [-0.39, 0.29) is 0 Å². The van der Waals surface area contributed by atoms with E-state index in [9.17, 15) is 0 Å². The van der Waals surface area contributed by atoms with Crippen molar-refractivity contribution in [1.29, 1.82) is 0 Å². The van der Waals surface area contributed by atoms with E-state index in [1.54, 1.807) is 0 Å². The molecule has 0 amide bonds. The highest BCUT2D eigenvalue weighted by molar-refractivity contribution is 5.26. The third-order valence-corrected chi connectivity index (χ3v) is 20.2. The molecule has 0 aromatic heterocycles. The van der Waals surface area contributed by atoms with Crippen molar-refractivity contribution in [1.82, 2.24) is 0 Å². The molecule has 0 heteroatoms. The maximum Gasteiger partial charge on any atom is -0.0281 e. The molecule has 0 bridgehead atoms. The van der Waals surface area contributed by atoms with E-state index in [0.29, 0.717) is 27.1 Å². The van der Waals surface area contributed by atoms with Gasteiger partial charge in [0.15, 0.2) is 0 Å². The van der Waals surface area contributed by atoms with Gasteiger partial charge in [0, 0.05) is 0 Å². The highest BCUT2D eigenvalue weighted by atomic mass is 14.5. The molecule has 352 valence electrons. The first-order valence-corrected chi connectivity index (χ1v) is 27.8. The van der Waals surface area contributed by atoms with Crippen molar-refractivity contribution in [2.75, 3.05) is 0 Å². The van der Waals surface area contributed by atoms with Crippen LogP contribution in [0.2, 0.25) is 0 Å². The lowest BCUT2D eigenvalue weighted by molar-refractivity contribution is 0.219. The summed E-state index contributed by atoms with van der Waals surface area (Å²) >= 11 is 0. The Morgan fingerprint density at radius 2 is 0.475 bits per heavy atom. The van der Waals surface area contributed by atoms with Crippen molar-refractivity contribution < 1.29 is 0 Å². The third-order valence-electron chi connectivity index (χ3n) is 20.2. The smallest absolute Gasteiger partial charge is 0.0281 e. The molecule has 6 fully saturated rings. The molecule has 6 unspecified atom stereocenters. The fraction of sp³-hybridized carbons (Fsp3) is 0.934. The fourth-order valence-corrected chi connectivity index (χ4v) is 14.9. The lowest BCUT2D eigenvalue weighted by Crippen LogP contribution is -2.18. The van der Waals surface area contributed by atoms with E-state index >= 15 is 0 Å². The Morgan fingerprint density at radius 3 is 0.721 bits per heavy atom. The van der Waals surface area contributed by atoms with Gasteiger partial charge in [-0.15, -0.1) is 0 Å². The van der Waals surface area contributed by atoms with Crippen LogP contribution in [-0.4, -0.2) is 0 Å². The molecule has 6 atom stereocenters. The molecule has 10 aliphatic rings. The largest absolute Gasteiger partial charge is 0.0707 e. The normalized spacial score (nSPS) is 35.0. The lowest BCUT2D eigenvalue weighted by atomic mass is 9.77. The van der Waals surface area contributed by atoms with Gasteiger partial charge in [0.05, 0.1) is 0 Å². The van der Waals surface area contributed by atoms with Gasteiger partial charge in [0.1, 0.15) is 0 Å². The first-order chi connectivity index (χ1) is 28.4. The second-order valence-corrected chi connectivity index (χ2v) is 29.4. The van der Waals surface area contributed by atoms with Crippen LogP contribution >= 0.6 is 0 Å². The number of rotatable bonds is 0. The molecule has 6 saturated carbocycles. The van der Waals surface area contributed by atoms with Crippen molar-refractivity contribution in [3.8, 4) is 0 Å². The van der Waals surface area contributed by atoms with E-state index in [2.05, 4.69) is 104 Å². The first kappa shape index (κ1) is 49.9. The van der Waals surface area contributed by atoms with Crippen LogP contribution in [0.25, 0.3) is 0 Å². The second kappa shape index (κ2) is 20.1. The summed E-state index contributed by atoms with van der Waals surface area (Å²) in [6.45, 7) is 36.1. The van der Waals surface area contributed by atoms with E-state index in [4.69, 9.17) is 0 Å². The minimum atomic E-state index is 0.525. The monoisotopic (exact) mass is 841 g/mol. The molecule has 0 aromatic carbocycles. The molecule has 0 radical (unpaired) electrons. The molecule has 0 saturated heterocycles. The molecular formula is C61H108. The summed E-state index contributed by atoms with van der Waals surface area (Å²) in [6.07, 6.45) is 38.7. The Balaban J connectivity index is 0.000000128. The van der Waals surface area contributed by atoms with Gasteiger partial charge in [-0.1, -0.05) is 171 Å². The number of hydrogen-bond donors (Lipinski definition) is 0. The summed E-state index contributed by atoms with van der Waals surface area (Å²) < 4.78 is 0. The van der Waals surface area contributed by atoms with Gasteiger partial charge in [-0.25, -0.2) is 0 Å². The van der Waals surface area contributed by atoms with Crippen LogP contribution in [0, 0.1) is 92.2 Å². The van der Waals surface area contributed by atoms with Gasteiger partial charge in [0.2, 0.25) is 0 Å². The molecule has 0 nitrogen and oxygen atoms in total. The zero-order valence-corrected chi connectivity index (χ0v) is 44.2. The molecule has 0 aromatic rings. The maximum absolute atomic E-state index is 2.43. The van der Waals surface area contributed by atoms with Gasteiger partial charge in [0.25, 0.3) is 0 Å². The zero-order valence-electron chi connectivity index (χ0n) is 44.2. The Bertz CT molecular complexity index is 1350. The lowest BCUT2D eigenvalue weighted by Gasteiger charge is -2.29. The van der Waals surface area contributed by atoms with Gasteiger partial charge >= 0.3 is 0 Å². The Morgan fingerprint density at radius 1 is 0.246 bits per heavy atom. The van der Waals surface area contributed by atoms with Crippen molar-refractivity contribution >= 4 is 0 Å². The summed E-state index contributed by atoms with van der Waals surface area (Å²) in [4.78, 5) is 0. The van der Waals surface area contributed by atoms with Gasteiger partial charge in [-0.05, 0) is 214 Å². The Hall–Kier alpha value is -0.520. The van der Waals surface area contributed by atoms with Crippen molar-refractivity contribution in [2.45, 2.75) is 271 Å². The van der Waals surface area contributed by atoms with Gasteiger partial charge in [-0.2, -0.15) is 0 Å². The van der Waals surface area contributed by atoms with Crippen LogP contribution in [0.15, 0.2) is 22.3 Å². The van der Waals surface area contributed by atoms with E-state index in [0.717, 1.165) is 65.1 Å². The van der Waals surface area contributed by atoms with Crippen LogP contribution in [-0.2, 0) is 0 Å². The molecule has 0 spiro atoms. The van der Waals surface area contributed by atoms with Crippen molar-refractivity contribution in [2.24, 2.45) is 92.2 Å². The molecule has 10 aliphatic carbocycles. The first-order valence-electron chi connectivity index (χ1n) is 27.8. The summed E-state index contributed by atoms with van der Waals surface area (Å²) in [5, 5.41) is 0. The highest BCUT2D eigenvalue weighted by Gasteiger charge is 2.45.